The summed E-state index contributed by atoms with van der Waals surface area (Å²) in [6.45, 7) is 4.58. The second-order valence-corrected chi connectivity index (χ2v) is 6.42. The summed E-state index contributed by atoms with van der Waals surface area (Å²) in [7, 11) is 0. The van der Waals surface area contributed by atoms with Gasteiger partial charge in [-0.15, -0.1) is 0 Å². The molecule has 10 heteroatoms. The Labute approximate surface area is 172 Å². The lowest BCUT2D eigenvalue weighted by molar-refractivity contribution is -0.139. The van der Waals surface area contributed by atoms with Crippen molar-refractivity contribution >= 4 is 18.0 Å². The van der Waals surface area contributed by atoms with Gasteiger partial charge < -0.3 is 24.5 Å². The van der Waals surface area contributed by atoms with Crippen molar-refractivity contribution in [2.24, 2.45) is 0 Å². The predicted molar refractivity (Wildman–Crippen MR) is 103 cm³/mol. The number of nitrogens with zero attached hydrogens (tertiary/aromatic N) is 2. The molecule has 0 radical (unpaired) electrons. The number of urea groups is 1. The van der Waals surface area contributed by atoms with Gasteiger partial charge in [-0.05, 0) is 32.9 Å². The minimum Gasteiger partial charge on any atom is -0.463 e. The Morgan fingerprint density at radius 2 is 1.97 bits per heavy atom. The molecule has 2 aromatic heterocycles. The van der Waals surface area contributed by atoms with E-state index in [0.29, 0.717) is 0 Å². The highest BCUT2D eigenvalue weighted by atomic mass is 16.5. The van der Waals surface area contributed by atoms with Crippen molar-refractivity contribution in [3.63, 3.8) is 0 Å². The number of ether oxygens (including phenoxy) is 2. The topological polar surface area (TPSA) is 136 Å². The molecule has 2 N–H and O–H groups in total. The first-order chi connectivity index (χ1) is 14.4. The summed E-state index contributed by atoms with van der Waals surface area (Å²) < 4.78 is 17.5. The molecule has 1 atom stereocenters. The zero-order valence-electron chi connectivity index (χ0n) is 16.6. The number of esters is 2. The molecular weight excluding hydrogens is 392 g/mol. The molecule has 10 nitrogen and oxygen atoms in total. The quantitative estimate of drug-likeness (QED) is 0.692. The van der Waals surface area contributed by atoms with E-state index in [9.17, 15) is 19.6 Å². The fourth-order valence-corrected chi connectivity index (χ4v) is 3.13. The number of amides is 2. The van der Waals surface area contributed by atoms with Gasteiger partial charge >= 0.3 is 18.0 Å². The van der Waals surface area contributed by atoms with Crippen molar-refractivity contribution in [2.45, 2.75) is 26.8 Å². The zero-order chi connectivity index (χ0) is 21.8. The summed E-state index contributed by atoms with van der Waals surface area (Å²) >= 11 is 0. The average Bonchev–Trinajstić information content (AvgIpc) is 3.33. The number of carbonyl (C=O) groups excluding carboxylic acids is 3. The highest BCUT2D eigenvalue weighted by molar-refractivity contribution is 5.96. The Balaban J connectivity index is 1.87. The van der Waals surface area contributed by atoms with E-state index in [2.05, 4.69) is 10.6 Å². The summed E-state index contributed by atoms with van der Waals surface area (Å²) in [5.74, 6) is -1.04. The van der Waals surface area contributed by atoms with E-state index < -0.39 is 24.0 Å². The van der Waals surface area contributed by atoms with Crippen LogP contribution >= 0.6 is 0 Å². The molecule has 0 saturated carbocycles. The second kappa shape index (κ2) is 8.57. The lowest BCUT2D eigenvalue weighted by Crippen LogP contribution is -2.50. The van der Waals surface area contributed by atoms with Crippen molar-refractivity contribution in [2.75, 3.05) is 13.2 Å². The molecular formula is C20H20N4O6. The van der Waals surface area contributed by atoms with Crippen molar-refractivity contribution in [1.29, 1.82) is 5.26 Å². The summed E-state index contributed by atoms with van der Waals surface area (Å²) in [4.78, 5) is 36.8. The van der Waals surface area contributed by atoms with Gasteiger partial charge in [0.1, 0.15) is 29.6 Å². The summed E-state index contributed by atoms with van der Waals surface area (Å²) in [6.07, 6.45) is 3.35. The minimum atomic E-state index is -0.817. The van der Waals surface area contributed by atoms with Gasteiger partial charge in [-0.25, -0.2) is 14.4 Å². The third-order valence-electron chi connectivity index (χ3n) is 4.43. The minimum absolute atomic E-state index is 0.0206. The maximum atomic E-state index is 12.7. The van der Waals surface area contributed by atoms with Gasteiger partial charge in [-0.3, -0.25) is 4.57 Å². The Kier molecular flexibility index (Phi) is 5.92. The molecule has 0 fully saturated rings. The number of nitriles is 1. The molecule has 1 unspecified atom stereocenters. The molecule has 1 aliphatic heterocycles. The van der Waals surface area contributed by atoms with Crippen molar-refractivity contribution in [3.8, 4) is 12.0 Å². The zero-order valence-corrected chi connectivity index (χ0v) is 16.6. The van der Waals surface area contributed by atoms with E-state index in [0.717, 1.165) is 0 Å². The van der Waals surface area contributed by atoms with Crippen molar-refractivity contribution < 1.29 is 28.3 Å². The van der Waals surface area contributed by atoms with Gasteiger partial charge in [0.2, 0.25) is 5.88 Å². The van der Waals surface area contributed by atoms with Gasteiger partial charge in [0, 0.05) is 12.4 Å². The third-order valence-corrected chi connectivity index (χ3v) is 4.43. The SMILES string of the molecule is CCOC(=O)C1=C(COC(=O)c2c(C)oc(-n3cccc3)c2C#N)NC(=O)NC1C. The van der Waals surface area contributed by atoms with E-state index >= 15 is 0 Å². The maximum absolute atomic E-state index is 12.7. The van der Waals surface area contributed by atoms with Gasteiger partial charge in [0.15, 0.2) is 0 Å². The fourth-order valence-electron chi connectivity index (χ4n) is 3.13. The molecule has 3 heterocycles. The van der Waals surface area contributed by atoms with Crippen LogP contribution in [0.3, 0.4) is 0 Å². The van der Waals surface area contributed by atoms with E-state index in [1.807, 2.05) is 6.07 Å². The van der Waals surface area contributed by atoms with Crippen LogP contribution in [0, 0.1) is 18.3 Å². The van der Waals surface area contributed by atoms with Crippen LogP contribution in [0.4, 0.5) is 4.79 Å². The highest BCUT2D eigenvalue weighted by Gasteiger charge is 2.31. The molecule has 0 saturated heterocycles. The molecule has 2 amide bonds. The van der Waals surface area contributed by atoms with E-state index in [-0.39, 0.29) is 47.3 Å². The number of nitrogens with one attached hydrogen (secondary N) is 2. The summed E-state index contributed by atoms with van der Waals surface area (Å²) in [5.41, 5.74) is 0.272. The van der Waals surface area contributed by atoms with Crippen LogP contribution in [-0.2, 0) is 14.3 Å². The first-order valence-electron chi connectivity index (χ1n) is 9.19. The monoisotopic (exact) mass is 412 g/mol. The number of carbonyl (C=O) groups is 3. The number of furan rings is 1. The average molecular weight is 412 g/mol. The maximum Gasteiger partial charge on any atom is 0.343 e. The molecule has 0 aliphatic carbocycles. The molecule has 0 bridgehead atoms. The normalized spacial score (nSPS) is 15.8. The number of hydrogen-bond donors (Lipinski definition) is 2. The number of rotatable bonds is 6. The fraction of sp³-hybridized carbons (Fsp3) is 0.300. The largest absolute Gasteiger partial charge is 0.463 e. The van der Waals surface area contributed by atoms with Crippen LogP contribution in [-0.4, -0.2) is 41.8 Å². The van der Waals surface area contributed by atoms with Crippen LogP contribution < -0.4 is 10.6 Å². The van der Waals surface area contributed by atoms with Gasteiger partial charge in [-0.1, -0.05) is 0 Å². The Hall–Kier alpha value is -4.00. The van der Waals surface area contributed by atoms with Gasteiger partial charge in [0.05, 0.1) is 23.9 Å². The second-order valence-electron chi connectivity index (χ2n) is 6.42. The molecule has 2 aromatic rings. The Bertz CT molecular complexity index is 1060. The van der Waals surface area contributed by atoms with Gasteiger partial charge in [0.25, 0.3) is 0 Å². The van der Waals surface area contributed by atoms with E-state index in [1.54, 1.807) is 49.9 Å². The van der Waals surface area contributed by atoms with Crippen LogP contribution in [0.1, 0.15) is 35.5 Å². The lowest BCUT2D eigenvalue weighted by Gasteiger charge is -2.26. The molecule has 0 spiro atoms. The van der Waals surface area contributed by atoms with Crippen LogP contribution in [0.2, 0.25) is 0 Å². The first kappa shape index (κ1) is 20.7. The number of hydrogen-bond acceptors (Lipinski definition) is 7. The van der Waals surface area contributed by atoms with Crippen molar-refractivity contribution in [1.82, 2.24) is 15.2 Å². The molecule has 1 aliphatic rings. The molecule has 30 heavy (non-hydrogen) atoms. The van der Waals surface area contributed by atoms with E-state index in [4.69, 9.17) is 13.9 Å². The van der Waals surface area contributed by atoms with E-state index in [1.165, 1.54) is 0 Å². The summed E-state index contributed by atoms with van der Waals surface area (Å²) in [5, 5.41) is 14.6. The molecule has 3 rings (SSSR count). The smallest absolute Gasteiger partial charge is 0.343 e. The van der Waals surface area contributed by atoms with Gasteiger partial charge in [-0.2, -0.15) is 5.26 Å². The number of aryl methyl sites for hydroxylation is 1. The standard InChI is InChI=1S/C20H20N4O6/c1-4-28-18(25)15-11(2)22-20(27)23-14(15)10-29-19(26)16-12(3)30-17(13(16)9-21)24-7-5-6-8-24/h5-8,11H,4,10H2,1-3H3,(H2,22,23,27). The highest BCUT2D eigenvalue weighted by Crippen LogP contribution is 2.26. The molecule has 156 valence electrons. The first-order valence-corrected chi connectivity index (χ1v) is 9.19. The summed E-state index contributed by atoms with van der Waals surface area (Å²) in [6, 6.07) is 4.31. The van der Waals surface area contributed by atoms with Crippen molar-refractivity contribution in [3.05, 3.63) is 52.7 Å². The Morgan fingerprint density at radius 3 is 2.60 bits per heavy atom. The lowest BCUT2D eigenvalue weighted by atomic mass is 10.0. The molecule has 0 aromatic carbocycles. The predicted octanol–water partition coefficient (Wildman–Crippen LogP) is 1.93. The number of aromatic nitrogens is 1. The van der Waals surface area contributed by atoms with Crippen LogP contribution in [0.25, 0.3) is 5.88 Å². The third kappa shape index (κ3) is 3.91. The van der Waals surface area contributed by atoms with Crippen LogP contribution in [0.5, 0.6) is 0 Å². The Morgan fingerprint density at radius 1 is 1.27 bits per heavy atom. The van der Waals surface area contributed by atoms with Crippen LogP contribution in [0.15, 0.2) is 40.2 Å².